The van der Waals surface area contributed by atoms with Gasteiger partial charge < -0.3 is 4.90 Å². The van der Waals surface area contributed by atoms with E-state index in [4.69, 9.17) is 5.26 Å². The van der Waals surface area contributed by atoms with Gasteiger partial charge in [0.05, 0.1) is 16.5 Å². The normalized spacial score (nSPS) is 13.4. The first-order chi connectivity index (χ1) is 9.73. The van der Waals surface area contributed by atoms with Crippen molar-refractivity contribution in [2.24, 2.45) is 0 Å². The van der Waals surface area contributed by atoms with E-state index in [1.807, 2.05) is 38.9 Å². The van der Waals surface area contributed by atoms with E-state index in [2.05, 4.69) is 0 Å². The maximum absolute atomic E-state index is 12.8. The Kier molecular flexibility index (Phi) is 5.90. The highest BCUT2D eigenvalue weighted by Crippen LogP contribution is 2.22. The molecule has 0 heterocycles. The maximum atomic E-state index is 12.8. The molecule has 0 N–H and O–H groups in total. The second-order valence-corrected chi connectivity index (χ2v) is 7.27. The van der Waals surface area contributed by atoms with Gasteiger partial charge in [-0.2, -0.15) is 9.57 Å². The van der Waals surface area contributed by atoms with E-state index >= 15 is 0 Å². The van der Waals surface area contributed by atoms with Gasteiger partial charge in [0, 0.05) is 19.1 Å². The van der Waals surface area contributed by atoms with Crippen molar-refractivity contribution in [1.29, 1.82) is 5.26 Å². The SMILES string of the molecule is CCN(C(C)CN(C)C)S(=O)(=O)c1ccc(C#N)cc1C. The van der Waals surface area contributed by atoms with Gasteiger partial charge in [-0.25, -0.2) is 8.42 Å². The van der Waals surface area contributed by atoms with Crippen LogP contribution in [0, 0.1) is 18.3 Å². The minimum Gasteiger partial charge on any atom is -0.308 e. The van der Waals surface area contributed by atoms with Gasteiger partial charge in [0.25, 0.3) is 0 Å². The van der Waals surface area contributed by atoms with E-state index in [9.17, 15) is 8.42 Å². The van der Waals surface area contributed by atoms with Crippen LogP contribution in [0.2, 0.25) is 0 Å². The first-order valence-corrected chi connectivity index (χ1v) is 8.35. The summed E-state index contributed by atoms with van der Waals surface area (Å²) in [5.41, 5.74) is 1.07. The summed E-state index contributed by atoms with van der Waals surface area (Å²) < 4.78 is 27.2. The summed E-state index contributed by atoms with van der Waals surface area (Å²) in [6, 6.07) is 6.58. The van der Waals surface area contributed by atoms with Gasteiger partial charge in [0.2, 0.25) is 10.0 Å². The topological polar surface area (TPSA) is 64.4 Å². The van der Waals surface area contributed by atoms with Crippen LogP contribution in [0.5, 0.6) is 0 Å². The third kappa shape index (κ3) is 4.03. The summed E-state index contributed by atoms with van der Waals surface area (Å²) >= 11 is 0. The monoisotopic (exact) mass is 309 g/mol. The summed E-state index contributed by atoms with van der Waals surface area (Å²) in [5, 5.41) is 8.88. The molecule has 1 rings (SSSR count). The van der Waals surface area contributed by atoms with Crippen molar-refractivity contribution in [1.82, 2.24) is 9.21 Å². The molecule has 1 unspecified atom stereocenters. The number of benzene rings is 1. The molecule has 1 aromatic rings. The quantitative estimate of drug-likeness (QED) is 0.804. The third-order valence-electron chi connectivity index (χ3n) is 3.32. The Balaban J connectivity index is 3.22. The Labute approximate surface area is 127 Å². The average molecular weight is 309 g/mol. The zero-order valence-corrected chi connectivity index (χ0v) is 14.1. The fraction of sp³-hybridized carbons (Fsp3) is 0.533. The molecule has 0 amide bonds. The van der Waals surface area contributed by atoms with Crippen LogP contribution in [0.4, 0.5) is 0 Å². The molecule has 0 aliphatic heterocycles. The molecular weight excluding hydrogens is 286 g/mol. The van der Waals surface area contributed by atoms with Crippen LogP contribution in [-0.2, 0) is 10.0 Å². The molecular formula is C15H23N3O2S. The Bertz CT molecular complexity index is 633. The first kappa shape index (κ1) is 17.6. The zero-order valence-electron chi connectivity index (χ0n) is 13.3. The molecule has 5 nitrogen and oxygen atoms in total. The van der Waals surface area contributed by atoms with E-state index in [1.54, 1.807) is 19.1 Å². The molecule has 0 bridgehead atoms. The summed E-state index contributed by atoms with van der Waals surface area (Å²) in [6.45, 7) is 6.53. The van der Waals surface area contributed by atoms with Crippen molar-refractivity contribution in [2.75, 3.05) is 27.2 Å². The van der Waals surface area contributed by atoms with Crippen LogP contribution in [0.1, 0.15) is 25.0 Å². The number of aryl methyl sites for hydroxylation is 1. The van der Waals surface area contributed by atoms with Gasteiger partial charge in [-0.15, -0.1) is 0 Å². The molecule has 0 saturated heterocycles. The fourth-order valence-electron chi connectivity index (χ4n) is 2.47. The number of sulfonamides is 1. The van der Waals surface area contributed by atoms with E-state index in [-0.39, 0.29) is 10.9 Å². The lowest BCUT2D eigenvalue weighted by molar-refractivity contribution is 0.271. The van der Waals surface area contributed by atoms with Crippen molar-refractivity contribution >= 4 is 10.0 Å². The van der Waals surface area contributed by atoms with Gasteiger partial charge in [0.15, 0.2) is 0 Å². The van der Waals surface area contributed by atoms with Gasteiger partial charge in [-0.1, -0.05) is 6.92 Å². The van der Waals surface area contributed by atoms with Crippen LogP contribution in [0.3, 0.4) is 0 Å². The summed E-state index contributed by atoms with van der Waals surface area (Å²) in [5.74, 6) is 0. The van der Waals surface area contributed by atoms with Crippen LogP contribution in [0.15, 0.2) is 23.1 Å². The Hall–Kier alpha value is -1.42. The summed E-state index contributed by atoms with van der Waals surface area (Å²) in [4.78, 5) is 2.24. The van der Waals surface area contributed by atoms with Crippen molar-refractivity contribution in [3.8, 4) is 6.07 Å². The molecule has 6 heteroatoms. The largest absolute Gasteiger partial charge is 0.308 e. The Morgan fingerprint density at radius 2 is 1.95 bits per heavy atom. The maximum Gasteiger partial charge on any atom is 0.243 e. The van der Waals surface area contributed by atoms with Gasteiger partial charge in [0.1, 0.15) is 0 Å². The predicted octanol–water partition coefficient (Wildman–Crippen LogP) is 1.83. The van der Waals surface area contributed by atoms with Crippen molar-refractivity contribution in [3.63, 3.8) is 0 Å². The van der Waals surface area contributed by atoms with Crippen LogP contribution in [0.25, 0.3) is 0 Å². The van der Waals surface area contributed by atoms with Crippen LogP contribution < -0.4 is 0 Å². The lowest BCUT2D eigenvalue weighted by Crippen LogP contribution is -2.43. The molecule has 0 saturated carbocycles. The lowest BCUT2D eigenvalue weighted by atomic mass is 10.2. The minimum absolute atomic E-state index is 0.120. The molecule has 21 heavy (non-hydrogen) atoms. The zero-order chi connectivity index (χ0) is 16.2. The number of likely N-dealkylation sites (N-methyl/N-ethyl adjacent to an activating group) is 2. The van der Waals surface area contributed by atoms with Gasteiger partial charge >= 0.3 is 0 Å². The van der Waals surface area contributed by atoms with E-state index in [0.717, 1.165) is 0 Å². The second kappa shape index (κ2) is 7.03. The van der Waals surface area contributed by atoms with Gasteiger partial charge in [-0.3, -0.25) is 0 Å². The van der Waals surface area contributed by atoms with E-state index in [0.29, 0.717) is 24.2 Å². The van der Waals surface area contributed by atoms with Gasteiger partial charge in [-0.05, 0) is 51.7 Å². The highest BCUT2D eigenvalue weighted by Gasteiger charge is 2.29. The lowest BCUT2D eigenvalue weighted by Gasteiger charge is -2.29. The standard InChI is InChI=1S/C15H23N3O2S/c1-6-18(13(3)11-17(4)5)21(19,20)15-8-7-14(10-16)9-12(15)2/h7-9,13H,6,11H2,1-5H3. The first-order valence-electron chi connectivity index (χ1n) is 6.91. The summed E-state index contributed by atoms with van der Waals surface area (Å²) in [6.07, 6.45) is 0. The molecule has 0 aromatic heterocycles. The van der Waals surface area contributed by atoms with Crippen LogP contribution in [-0.4, -0.2) is 50.8 Å². The molecule has 0 aliphatic carbocycles. The van der Waals surface area contributed by atoms with E-state index in [1.165, 1.54) is 10.4 Å². The molecule has 0 spiro atoms. The molecule has 0 radical (unpaired) electrons. The highest BCUT2D eigenvalue weighted by molar-refractivity contribution is 7.89. The Morgan fingerprint density at radius 3 is 2.38 bits per heavy atom. The summed E-state index contributed by atoms with van der Waals surface area (Å²) in [7, 11) is 0.287. The molecule has 1 atom stereocenters. The number of nitrogens with zero attached hydrogens (tertiary/aromatic N) is 3. The number of nitriles is 1. The molecule has 0 fully saturated rings. The second-order valence-electron chi connectivity index (χ2n) is 5.41. The minimum atomic E-state index is -3.55. The predicted molar refractivity (Wildman–Crippen MR) is 83.5 cm³/mol. The van der Waals surface area contributed by atoms with Crippen LogP contribution >= 0.6 is 0 Å². The smallest absolute Gasteiger partial charge is 0.243 e. The average Bonchev–Trinajstić information content (AvgIpc) is 2.37. The van der Waals surface area contributed by atoms with Crippen molar-refractivity contribution in [2.45, 2.75) is 31.7 Å². The fourth-order valence-corrected chi connectivity index (χ4v) is 4.31. The third-order valence-corrected chi connectivity index (χ3v) is 5.57. The molecule has 116 valence electrons. The van der Waals surface area contributed by atoms with Crippen molar-refractivity contribution in [3.05, 3.63) is 29.3 Å². The van der Waals surface area contributed by atoms with Crippen molar-refractivity contribution < 1.29 is 8.42 Å². The van der Waals surface area contributed by atoms with E-state index < -0.39 is 10.0 Å². The highest BCUT2D eigenvalue weighted by atomic mass is 32.2. The molecule has 1 aromatic carbocycles. The molecule has 0 aliphatic rings. The number of rotatable bonds is 6. The number of hydrogen-bond donors (Lipinski definition) is 0. The number of hydrogen-bond acceptors (Lipinski definition) is 4. The Morgan fingerprint density at radius 1 is 1.33 bits per heavy atom.